The molecule has 1 rings (SSSR count). The topological polar surface area (TPSA) is 75.3 Å². The van der Waals surface area contributed by atoms with Gasteiger partial charge in [0.2, 0.25) is 5.91 Å². The molecule has 4 N–H and O–H groups in total. The number of benzene rings is 1. The molecule has 94 valence electrons. The van der Waals surface area contributed by atoms with Gasteiger partial charge in [-0.15, -0.1) is 0 Å². The second-order valence-electron chi connectivity index (χ2n) is 3.73. The quantitative estimate of drug-likeness (QED) is 0.666. The molecule has 1 amide bonds. The summed E-state index contributed by atoms with van der Waals surface area (Å²) in [5, 5.41) is 12.5. The Morgan fingerprint density at radius 1 is 1.47 bits per heavy atom. The van der Waals surface area contributed by atoms with Crippen LogP contribution in [0.5, 0.6) is 0 Å². The molecular weight excluding hydrogens is 236 g/mol. The van der Waals surface area contributed by atoms with E-state index in [1.165, 1.54) is 0 Å². The zero-order valence-electron chi connectivity index (χ0n) is 9.85. The summed E-state index contributed by atoms with van der Waals surface area (Å²) in [5.74, 6) is 0.762. The highest BCUT2D eigenvalue weighted by atomic mass is 32.2. The molecule has 0 aliphatic carbocycles. The van der Waals surface area contributed by atoms with Crippen LogP contribution >= 0.6 is 11.8 Å². The van der Waals surface area contributed by atoms with Gasteiger partial charge in [0.15, 0.2) is 0 Å². The lowest BCUT2D eigenvalue weighted by molar-refractivity contribution is -0.121. The Hall–Kier alpha value is -1.20. The van der Waals surface area contributed by atoms with Crippen molar-refractivity contribution in [1.29, 1.82) is 0 Å². The lowest BCUT2D eigenvalue weighted by Crippen LogP contribution is -2.28. The lowest BCUT2D eigenvalue weighted by Gasteiger charge is -2.12. The third-order valence-corrected chi connectivity index (χ3v) is 2.96. The highest BCUT2D eigenvalue weighted by molar-refractivity contribution is 7.98. The van der Waals surface area contributed by atoms with Gasteiger partial charge in [0.25, 0.3) is 0 Å². The van der Waals surface area contributed by atoms with Crippen LogP contribution in [-0.4, -0.2) is 29.6 Å². The predicted octanol–water partition coefficient (Wildman–Crippen LogP) is 1.17. The first-order valence-corrected chi connectivity index (χ1v) is 6.82. The van der Waals surface area contributed by atoms with Crippen LogP contribution in [0.4, 0.5) is 5.69 Å². The van der Waals surface area contributed by atoms with Gasteiger partial charge in [0, 0.05) is 24.4 Å². The molecule has 4 nitrogen and oxygen atoms in total. The second-order valence-corrected chi connectivity index (χ2v) is 4.71. The van der Waals surface area contributed by atoms with E-state index in [2.05, 4.69) is 5.32 Å². The molecule has 0 bridgehead atoms. The van der Waals surface area contributed by atoms with Gasteiger partial charge in [0.05, 0.1) is 6.10 Å². The van der Waals surface area contributed by atoms with Crippen LogP contribution in [0, 0.1) is 0 Å². The van der Waals surface area contributed by atoms with Crippen LogP contribution in [0.15, 0.2) is 24.3 Å². The number of nitrogen functional groups attached to an aromatic ring is 1. The Kier molecular flexibility index (Phi) is 5.86. The highest BCUT2D eigenvalue weighted by Gasteiger charge is 2.08. The number of hydrogen-bond donors (Lipinski definition) is 3. The number of amides is 1. The molecule has 0 aromatic heterocycles. The minimum Gasteiger partial charge on any atom is -0.399 e. The van der Waals surface area contributed by atoms with E-state index >= 15 is 0 Å². The summed E-state index contributed by atoms with van der Waals surface area (Å²) in [6, 6.07) is 6.98. The van der Waals surface area contributed by atoms with Gasteiger partial charge < -0.3 is 16.2 Å². The van der Waals surface area contributed by atoms with Gasteiger partial charge in [-0.3, -0.25) is 4.79 Å². The summed E-state index contributed by atoms with van der Waals surface area (Å²) in [5.41, 5.74) is 6.96. The lowest BCUT2D eigenvalue weighted by atomic mass is 10.1. The summed E-state index contributed by atoms with van der Waals surface area (Å²) < 4.78 is 0. The van der Waals surface area contributed by atoms with Crippen LogP contribution < -0.4 is 11.1 Å². The number of thioether (sulfide) groups is 1. The summed E-state index contributed by atoms with van der Waals surface area (Å²) in [6.45, 7) is 0.233. The number of nitrogens with two attached hydrogens (primary N) is 1. The molecule has 1 atom stereocenters. The van der Waals surface area contributed by atoms with E-state index < -0.39 is 6.10 Å². The van der Waals surface area contributed by atoms with Crippen LogP contribution in [-0.2, 0) is 4.79 Å². The molecule has 1 aromatic carbocycles. The molecule has 17 heavy (non-hydrogen) atoms. The number of anilines is 1. The van der Waals surface area contributed by atoms with Crippen molar-refractivity contribution in [2.45, 2.75) is 12.5 Å². The predicted molar refractivity (Wildman–Crippen MR) is 71.8 cm³/mol. The summed E-state index contributed by atoms with van der Waals surface area (Å²) in [4.78, 5) is 11.3. The van der Waals surface area contributed by atoms with Crippen molar-refractivity contribution in [3.8, 4) is 0 Å². The molecule has 0 saturated carbocycles. The van der Waals surface area contributed by atoms with E-state index in [9.17, 15) is 9.90 Å². The fourth-order valence-corrected chi connectivity index (χ4v) is 1.72. The van der Waals surface area contributed by atoms with Gasteiger partial charge in [-0.05, 0) is 24.0 Å². The van der Waals surface area contributed by atoms with Gasteiger partial charge >= 0.3 is 0 Å². The number of carbonyl (C=O) groups excluding carboxylic acids is 1. The van der Waals surface area contributed by atoms with Crippen molar-refractivity contribution < 1.29 is 9.90 Å². The van der Waals surface area contributed by atoms with Crippen molar-refractivity contribution >= 4 is 23.4 Å². The standard InChI is InChI=1S/C12H18N2O2S/c1-17-7-6-12(16)14-8-11(15)9-2-4-10(13)5-3-9/h2-5,11,15H,6-8,13H2,1H3,(H,14,16). The normalized spacial score (nSPS) is 12.1. The molecular formula is C12H18N2O2S. The summed E-state index contributed by atoms with van der Waals surface area (Å²) in [6.07, 6.45) is 1.75. The van der Waals surface area contributed by atoms with Crippen molar-refractivity contribution in [3.05, 3.63) is 29.8 Å². The first-order chi connectivity index (χ1) is 8.13. The monoisotopic (exact) mass is 254 g/mol. The number of nitrogens with one attached hydrogen (secondary N) is 1. The molecule has 1 aromatic rings. The molecule has 0 fully saturated rings. The molecule has 0 aliphatic heterocycles. The van der Waals surface area contributed by atoms with Crippen molar-refractivity contribution in [2.75, 3.05) is 24.3 Å². The van der Waals surface area contributed by atoms with E-state index in [-0.39, 0.29) is 12.5 Å². The first kappa shape index (κ1) is 13.9. The van der Waals surface area contributed by atoms with Crippen molar-refractivity contribution in [3.63, 3.8) is 0 Å². The molecule has 0 aliphatic rings. The Morgan fingerprint density at radius 3 is 2.71 bits per heavy atom. The van der Waals surface area contributed by atoms with Gasteiger partial charge in [0.1, 0.15) is 0 Å². The third kappa shape index (κ3) is 5.10. The van der Waals surface area contributed by atoms with Crippen molar-refractivity contribution in [1.82, 2.24) is 5.32 Å². The van der Waals surface area contributed by atoms with E-state index in [1.807, 2.05) is 6.26 Å². The van der Waals surface area contributed by atoms with Crippen LogP contribution in [0.25, 0.3) is 0 Å². The molecule has 0 heterocycles. The Balaban J connectivity index is 2.36. The number of carbonyl (C=O) groups is 1. The minimum absolute atomic E-state index is 0.0335. The first-order valence-electron chi connectivity index (χ1n) is 5.42. The fraction of sp³-hybridized carbons (Fsp3) is 0.417. The smallest absolute Gasteiger partial charge is 0.220 e. The largest absolute Gasteiger partial charge is 0.399 e. The molecule has 0 saturated heterocycles. The molecule has 0 spiro atoms. The Morgan fingerprint density at radius 2 is 2.12 bits per heavy atom. The zero-order valence-corrected chi connectivity index (χ0v) is 10.7. The zero-order chi connectivity index (χ0) is 12.7. The SMILES string of the molecule is CSCCC(=O)NCC(O)c1ccc(N)cc1. The summed E-state index contributed by atoms with van der Waals surface area (Å²) in [7, 11) is 0. The summed E-state index contributed by atoms with van der Waals surface area (Å²) >= 11 is 1.62. The number of aliphatic hydroxyl groups is 1. The number of hydrogen-bond acceptors (Lipinski definition) is 4. The van der Waals surface area contributed by atoms with E-state index in [4.69, 9.17) is 5.73 Å². The van der Waals surface area contributed by atoms with E-state index in [1.54, 1.807) is 36.0 Å². The van der Waals surface area contributed by atoms with E-state index in [0.29, 0.717) is 12.1 Å². The third-order valence-electron chi connectivity index (χ3n) is 2.35. The van der Waals surface area contributed by atoms with Crippen molar-refractivity contribution in [2.24, 2.45) is 0 Å². The molecule has 0 radical (unpaired) electrons. The van der Waals surface area contributed by atoms with Crippen LogP contribution in [0.1, 0.15) is 18.1 Å². The maximum absolute atomic E-state index is 11.3. The molecule has 1 unspecified atom stereocenters. The highest BCUT2D eigenvalue weighted by Crippen LogP contribution is 2.13. The van der Waals surface area contributed by atoms with Crippen LogP contribution in [0.3, 0.4) is 0 Å². The minimum atomic E-state index is -0.686. The number of aliphatic hydroxyl groups excluding tert-OH is 1. The van der Waals surface area contributed by atoms with Crippen LogP contribution in [0.2, 0.25) is 0 Å². The Labute approximate surface area is 106 Å². The van der Waals surface area contributed by atoms with Gasteiger partial charge in [-0.25, -0.2) is 0 Å². The average Bonchev–Trinajstić information content (AvgIpc) is 2.34. The maximum atomic E-state index is 11.3. The second kappa shape index (κ2) is 7.19. The van der Waals surface area contributed by atoms with Gasteiger partial charge in [-0.1, -0.05) is 12.1 Å². The Bertz CT molecular complexity index is 354. The van der Waals surface area contributed by atoms with E-state index in [0.717, 1.165) is 11.3 Å². The fourth-order valence-electron chi connectivity index (χ4n) is 1.33. The number of rotatable bonds is 6. The maximum Gasteiger partial charge on any atom is 0.220 e. The van der Waals surface area contributed by atoms with Gasteiger partial charge in [-0.2, -0.15) is 11.8 Å². The molecule has 5 heteroatoms. The average molecular weight is 254 g/mol.